The Morgan fingerprint density at radius 3 is 2.34 bits per heavy atom. The molecule has 4 aliphatic rings. The summed E-state index contributed by atoms with van der Waals surface area (Å²) in [5.74, 6) is -0.346. The molecule has 0 radical (unpaired) electrons. The number of carbonyl (C=O) groups excluding carboxylic acids is 3. The monoisotopic (exact) mass is 906 g/mol. The molecule has 5 N–H and O–H groups in total. The summed E-state index contributed by atoms with van der Waals surface area (Å²) in [5, 5.41) is 25.9. The molecule has 350 valence electrons. The van der Waals surface area contributed by atoms with Crippen LogP contribution in [0.3, 0.4) is 0 Å². The van der Waals surface area contributed by atoms with Crippen molar-refractivity contribution in [3.8, 4) is 16.9 Å². The van der Waals surface area contributed by atoms with Crippen LogP contribution in [-0.4, -0.2) is 148 Å². The number of likely N-dealkylation sites (tertiary alicyclic amines) is 2. The number of piperidine rings is 1. The van der Waals surface area contributed by atoms with E-state index >= 15 is 0 Å². The summed E-state index contributed by atoms with van der Waals surface area (Å²) in [7, 11) is 0. The van der Waals surface area contributed by atoms with Crippen molar-refractivity contribution in [2.45, 2.75) is 77.4 Å². The molecular weight excluding hydrogens is 850 g/mol. The third-order valence-corrected chi connectivity index (χ3v) is 13.5. The van der Waals surface area contributed by atoms with Crippen LogP contribution in [0.4, 0.5) is 28.4 Å². The summed E-state index contributed by atoms with van der Waals surface area (Å²) in [4.78, 5) is 67.9. The van der Waals surface area contributed by atoms with Crippen LogP contribution in [0, 0.1) is 17.3 Å². The summed E-state index contributed by atoms with van der Waals surface area (Å²) in [6.45, 7) is 9.90. The van der Waals surface area contributed by atoms with Gasteiger partial charge in [0.1, 0.15) is 17.6 Å². The van der Waals surface area contributed by atoms with E-state index in [0.29, 0.717) is 106 Å². The van der Waals surface area contributed by atoms with E-state index in [4.69, 9.17) is 9.72 Å². The SMILES string of the molecule is C[C@H]1C[C@@H](c2nc3c(ccc4cc(-c5ccc(NC(=O)N6CCN(C7CCN(C(=O)C(C)(C)CO)CC7)CC6)cc5OC(F)(F)F)ccc43)[nH]2)N(C(=O)[C@@H](NC(=O)O)C2CCOCC2)C1. The molecular formula is C46H57F3N8O8. The second-order valence-corrected chi connectivity index (χ2v) is 18.5. The molecule has 65 heavy (non-hydrogen) atoms. The van der Waals surface area contributed by atoms with E-state index < -0.39 is 41.7 Å². The molecule has 0 spiro atoms. The number of carbonyl (C=O) groups is 4. The molecule has 5 amide bonds. The zero-order valence-corrected chi connectivity index (χ0v) is 36.8. The maximum absolute atomic E-state index is 14.1. The summed E-state index contributed by atoms with van der Waals surface area (Å²) in [5.41, 5.74) is 1.24. The van der Waals surface area contributed by atoms with Crippen molar-refractivity contribution >= 4 is 51.4 Å². The summed E-state index contributed by atoms with van der Waals surface area (Å²) in [6.07, 6.45) is -2.96. The lowest BCUT2D eigenvalue weighted by Crippen LogP contribution is -2.56. The van der Waals surface area contributed by atoms with Crippen molar-refractivity contribution in [1.29, 1.82) is 0 Å². The Morgan fingerprint density at radius 1 is 0.938 bits per heavy atom. The number of amides is 5. The number of aliphatic hydroxyl groups excluding tert-OH is 1. The van der Waals surface area contributed by atoms with Gasteiger partial charge in [0.25, 0.3) is 0 Å². The van der Waals surface area contributed by atoms with Crippen LogP contribution in [0.2, 0.25) is 0 Å². The average Bonchev–Trinajstić information content (AvgIpc) is 3.91. The molecule has 4 saturated heterocycles. The fraction of sp³-hybridized carbons (Fsp3) is 0.543. The lowest BCUT2D eigenvalue weighted by Gasteiger charge is -2.43. The van der Waals surface area contributed by atoms with Crippen molar-refractivity contribution in [3.05, 3.63) is 54.4 Å². The number of fused-ring (bicyclic) bond motifs is 3. The second kappa shape index (κ2) is 18.7. The molecule has 19 heteroatoms. The first-order valence-corrected chi connectivity index (χ1v) is 22.4. The van der Waals surface area contributed by atoms with Crippen LogP contribution in [0.25, 0.3) is 32.9 Å². The van der Waals surface area contributed by atoms with Crippen LogP contribution in [0.15, 0.2) is 48.5 Å². The Hall–Kier alpha value is -5.66. The number of piperazine rings is 1. The number of benzene rings is 3. The summed E-state index contributed by atoms with van der Waals surface area (Å²) < 4.78 is 51.6. The van der Waals surface area contributed by atoms with Gasteiger partial charge in [0.2, 0.25) is 11.8 Å². The Balaban J connectivity index is 0.956. The number of aromatic nitrogens is 2. The number of alkyl halides is 3. The third kappa shape index (κ3) is 10.1. The topological polar surface area (TPSA) is 193 Å². The molecule has 0 bridgehead atoms. The molecule has 3 aromatic carbocycles. The van der Waals surface area contributed by atoms with Crippen molar-refractivity contribution in [2.24, 2.45) is 17.3 Å². The Bertz CT molecular complexity index is 2410. The quantitative estimate of drug-likeness (QED) is 0.119. The highest BCUT2D eigenvalue weighted by Gasteiger charge is 2.42. The van der Waals surface area contributed by atoms with E-state index in [9.17, 15) is 42.6 Å². The highest BCUT2D eigenvalue weighted by molar-refractivity contribution is 6.05. The first-order valence-electron chi connectivity index (χ1n) is 22.4. The molecule has 4 fully saturated rings. The number of anilines is 1. The number of aliphatic hydroxyl groups is 1. The zero-order chi connectivity index (χ0) is 46.2. The number of nitrogens with one attached hydrogen (secondary N) is 3. The van der Waals surface area contributed by atoms with Crippen LogP contribution in [0.5, 0.6) is 5.75 Å². The molecule has 8 rings (SSSR count). The lowest BCUT2D eigenvalue weighted by molar-refractivity contribution is -0.274. The lowest BCUT2D eigenvalue weighted by atomic mass is 9.90. The number of urea groups is 1. The second-order valence-electron chi connectivity index (χ2n) is 18.5. The van der Waals surface area contributed by atoms with Gasteiger partial charge < -0.3 is 50.0 Å². The van der Waals surface area contributed by atoms with Gasteiger partial charge in [-0.3, -0.25) is 14.5 Å². The fourth-order valence-corrected chi connectivity index (χ4v) is 9.91. The number of hydrogen-bond donors (Lipinski definition) is 5. The molecule has 5 heterocycles. The molecule has 0 unspecified atom stereocenters. The minimum Gasteiger partial charge on any atom is -0.465 e. The predicted octanol–water partition coefficient (Wildman–Crippen LogP) is 6.41. The van der Waals surface area contributed by atoms with Gasteiger partial charge in [-0.15, -0.1) is 13.2 Å². The Kier molecular flexibility index (Phi) is 13.2. The average molecular weight is 907 g/mol. The summed E-state index contributed by atoms with van der Waals surface area (Å²) in [6, 6.07) is 11.6. The Morgan fingerprint density at radius 2 is 1.66 bits per heavy atom. The van der Waals surface area contributed by atoms with Gasteiger partial charge >= 0.3 is 18.5 Å². The number of aromatic amines is 1. The van der Waals surface area contributed by atoms with Gasteiger partial charge in [0.15, 0.2) is 0 Å². The third-order valence-electron chi connectivity index (χ3n) is 13.5. The van der Waals surface area contributed by atoms with Crippen molar-refractivity contribution in [2.75, 3.05) is 71.0 Å². The number of halogens is 3. The largest absolute Gasteiger partial charge is 0.573 e. The smallest absolute Gasteiger partial charge is 0.465 e. The van der Waals surface area contributed by atoms with Gasteiger partial charge in [-0.05, 0) is 93.0 Å². The predicted molar refractivity (Wildman–Crippen MR) is 235 cm³/mol. The zero-order valence-electron chi connectivity index (χ0n) is 36.8. The van der Waals surface area contributed by atoms with Gasteiger partial charge in [-0.25, -0.2) is 14.6 Å². The molecule has 4 aromatic rings. The van der Waals surface area contributed by atoms with E-state index in [1.54, 1.807) is 52.8 Å². The first-order chi connectivity index (χ1) is 31.0. The maximum atomic E-state index is 14.1. The molecule has 0 saturated carbocycles. The van der Waals surface area contributed by atoms with E-state index in [-0.39, 0.29) is 47.5 Å². The fourth-order valence-electron chi connectivity index (χ4n) is 9.91. The highest BCUT2D eigenvalue weighted by atomic mass is 19.4. The molecule has 1 aromatic heterocycles. The van der Waals surface area contributed by atoms with E-state index in [2.05, 4.69) is 25.3 Å². The minimum absolute atomic E-state index is 0.0612. The van der Waals surface area contributed by atoms with Gasteiger partial charge in [-0.2, -0.15) is 0 Å². The molecule has 3 atom stereocenters. The van der Waals surface area contributed by atoms with Gasteiger partial charge in [-0.1, -0.05) is 25.1 Å². The highest BCUT2D eigenvalue weighted by Crippen LogP contribution is 2.40. The van der Waals surface area contributed by atoms with Crippen LogP contribution in [0.1, 0.15) is 64.7 Å². The van der Waals surface area contributed by atoms with Crippen LogP contribution in [-0.2, 0) is 14.3 Å². The minimum atomic E-state index is -5.01. The number of hydrogen-bond acceptors (Lipinski definition) is 9. The number of rotatable bonds is 10. The first kappa shape index (κ1) is 45.9. The standard InChI is InChI=1S/C46H57F3N8O8/c1-27-22-36(57(25-27)41(59)38(53-44(62)63)28-12-20-64-21-13-28)40-51-35-9-5-30-23-29(4-7-34(30)39(35)52-40)33-8-6-31(24-37(33)65-46(47,48)49)50-43(61)56-18-16-54(17-19-56)32-10-14-55(15-11-32)42(60)45(2,3)26-58/h4-9,23-24,27-28,32,36,38,53,58H,10-22,25-26H2,1-3H3,(H,50,61)(H,51,52)(H,62,63)/t27-,36-,38-/m0/s1. The number of carboxylic acid groups (broad SMARTS) is 1. The van der Waals surface area contributed by atoms with E-state index in [0.717, 1.165) is 18.2 Å². The van der Waals surface area contributed by atoms with Crippen LogP contribution >= 0.6 is 0 Å². The maximum Gasteiger partial charge on any atom is 0.573 e. The van der Waals surface area contributed by atoms with Crippen molar-refractivity contribution in [3.63, 3.8) is 0 Å². The normalized spacial score (nSPS) is 21.2. The van der Waals surface area contributed by atoms with E-state index in [1.807, 2.05) is 19.1 Å². The van der Waals surface area contributed by atoms with Crippen molar-refractivity contribution in [1.82, 2.24) is 34.9 Å². The molecule has 16 nitrogen and oxygen atoms in total. The van der Waals surface area contributed by atoms with Gasteiger partial charge in [0.05, 0.1) is 29.1 Å². The van der Waals surface area contributed by atoms with Crippen LogP contribution < -0.4 is 15.4 Å². The molecule has 4 aliphatic heterocycles. The number of H-pyrrole nitrogens is 1. The summed E-state index contributed by atoms with van der Waals surface area (Å²) >= 11 is 0. The number of ether oxygens (including phenoxy) is 2. The van der Waals surface area contributed by atoms with Gasteiger partial charge in [0, 0.05) is 87.8 Å². The number of nitrogens with zero attached hydrogens (tertiary/aromatic N) is 5. The number of imidazole rings is 1. The van der Waals surface area contributed by atoms with E-state index in [1.165, 1.54) is 12.1 Å². The van der Waals surface area contributed by atoms with Crippen molar-refractivity contribution < 1.29 is 52.0 Å². The Labute approximate surface area is 374 Å². The molecule has 0 aliphatic carbocycles.